The highest BCUT2D eigenvalue weighted by molar-refractivity contribution is 6.45. The van der Waals surface area contributed by atoms with E-state index in [0.717, 1.165) is 6.07 Å². The first-order valence-electron chi connectivity index (χ1n) is 2.97. The van der Waals surface area contributed by atoms with Crippen molar-refractivity contribution in [3.05, 3.63) is 21.1 Å². The molecule has 0 atom stereocenters. The second kappa shape index (κ2) is 3.77. The van der Waals surface area contributed by atoms with Gasteiger partial charge in [-0.3, -0.25) is 10.4 Å². The molecule has 0 unspecified atom stereocenters. The Labute approximate surface area is 88.4 Å². The molecule has 0 heterocycles. The number of hydrogen-bond acceptors (Lipinski definition) is 4. The molecule has 0 saturated carbocycles. The van der Waals surface area contributed by atoms with Crippen molar-refractivity contribution in [3.8, 4) is 5.75 Å². The molecule has 4 nitrogen and oxygen atoms in total. The number of hydrogen-bond donors (Lipinski definition) is 2. The van der Waals surface area contributed by atoms with Crippen molar-refractivity contribution >= 4 is 40.5 Å². The van der Waals surface area contributed by atoms with E-state index < -0.39 is 16.7 Å². The predicted octanol–water partition coefficient (Wildman–Crippen LogP) is 2.31. The Balaban J connectivity index is 3.46. The summed E-state index contributed by atoms with van der Waals surface area (Å²) in [7, 11) is 0. The van der Waals surface area contributed by atoms with Crippen LogP contribution in [0.25, 0.3) is 0 Å². The van der Waals surface area contributed by atoms with Crippen LogP contribution in [-0.2, 0) is 0 Å². The second-order valence-corrected chi connectivity index (χ2v) is 3.31. The summed E-state index contributed by atoms with van der Waals surface area (Å²) >= 11 is 16.5. The third-order valence-corrected chi connectivity index (χ3v) is 2.36. The van der Waals surface area contributed by atoms with Gasteiger partial charge in [0.15, 0.2) is 0 Å². The van der Waals surface area contributed by atoms with Gasteiger partial charge in [0.2, 0.25) is 0 Å². The maximum Gasteiger partial charge on any atom is 0.108 e. The standard InChI is InChI=1S/C6H4Cl3NO3/c7-2-1-3(8)6(11)5(4(2)9)10(12)13/h1,11-13H/p-1. The molecular weight excluding hydrogens is 240 g/mol. The summed E-state index contributed by atoms with van der Waals surface area (Å²) in [5.74, 6) is -0.805. The summed E-state index contributed by atoms with van der Waals surface area (Å²) in [5, 5.41) is 27.4. The minimum atomic E-state index is -0.805. The summed E-state index contributed by atoms with van der Waals surface area (Å²) in [4.78, 5) is 0. The summed E-state index contributed by atoms with van der Waals surface area (Å²) in [5.41, 5.74) is -0.570. The third-order valence-electron chi connectivity index (χ3n) is 1.30. The summed E-state index contributed by atoms with van der Waals surface area (Å²) < 4.78 is 0. The van der Waals surface area contributed by atoms with Crippen LogP contribution in [0.1, 0.15) is 0 Å². The van der Waals surface area contributed by atoms with Crippen LogP contribution in [0.15, 0.2) is 6.07 Å². The van der Waals surface area contributed by atoms with Crippen LogP contribution in [0.3, 0.4) is 0 Å². The number of halogens is 3. The zero-order valence-corrected chi connectivity index (χ0v) is 8.23. The normalized spacial score (nSPS) is 10.2. The molecule has 13 heavy (non-hydrogen) atoms. The maximum absolute atomic E-state index is 11.1. The molecule has 72 valence electrons. The van der Waals surface area contributed by atoms with E-state index in [9.17, 15) is 5.11 Å². The van der Waals surface area contributed by atoms with Gasteiger partial charge in [0.05, 0.1) is 10.0 Å². The number of rotatable bonds is 1. The van der Waals surface area contributed by atoms with Crippen molar-refractivity contribution in [2.75, 3.05) is 5.23 Å². The lowest BCUT2D eigenvalue weighted by Gasteiger charge is -2.20. The molecule has 0 aliphatic carbocycles. The molecule has 0 aromatic heterocycles. The molecule has 0 aliphatic rings. The smallest absolute Gasteiger partial charge is 0.108 e. The molecule has 1 rings (SSSR count). The Hall–Kier alpha value is -0.390. The Morgan fingerprint density at radius 1 is 1.15 bits per heavy atom. The number of anilines is 1. The SMILES string of the molecule is [O-]c1c(Cl)cc(Cl)c(Cl)c1N(O)O. The highest BCUT2D eigenvalue weighted by Crippen LogP contribution is 2.41. The van der Waals surface area contributed by atoms with Gasteiger partial charge in [0.1, 0.15) is 5.69 Å². The quantitative estimate of drug-likeness (QED) is 0.587. The third kappa shape index (κ3) is 1.92. The Bertz CT molecular complexity index is 316. The lowest BCUT2D eigenvalue weighted by molar-refractivity contribution is -0.268. The van der Waals surface area contributed by atoms with E-state index in [1.165, 1.54) is 0 Å². The topological polar surface area (TPSA) is 66.8 Å². The van der Waals surface area contributed by atoms with Crippen molar-refractivity contribution in [1.82, 2.24) is 0 Å². The van der Waals surface area contributed by atoms with Crippen molar-refractivity contribution < 1.29 is 15.5 Å². The molecule has 0 radical (unpaired) electrons. The molecule has 0 bridgehead atoms. The van der Waals surface area contributed by atoms with E-state index in [0.29, 0.717) is 0 Å². The van der Waals surface area contributed by atoms with Gasteiger partial charge in [-0.2, -0.15) is 0 Å². The highest BCUT2D eigenvalue weighted by Gasteiger charge is 2.13. The fraction of sp³-hybridized carbons (Fsp3) is 0. The van der Waals surface area contributed by atoms with Crippen molar-refractivity contribution in [2.24, 2.45) is 0 Å². The minimum Gasteiger partial charge on any atom is -0.870 e. The van der Waals surface area contributed by atoms with Gasteiger partial charge in [-0.1, -0.05) is 40.6 Å². The fourth-order valence-electron chi connectivity index (χ4n) is 0.745. The van der Waals surface area contributed by atoms with E-state index >= 15 is 0 Å². The van der Waals surface area contributed by atoms with Gasteiger partial charge in [-0.25, -0.2) is 0 Å². The van der Waals surface area contributed by atoms with Crippen molar-refractivity contribution in [3.63, 3.8) is 0 Å². The molecule has 7 heteroatoms. The Morgan fingerprint density at radius 2 is 1.69 bits per heavy atom. The summed E-state index contributed by atoms with van der Waals surface area (Å²) in [6, 6.07) is 1.13. The monoisotopic (exact) mass is 242 g/mol. The molecule has 0 fully saturated rings. The molecule has 0 spiro atoms. The van der Waals surface area contributed by atoms with Crippen molar-refractivity contribution in [1.29, 1.82) is 0 Å². The lowest BCUT2D eigenvalue weighted by atomic mass is 10.3. The average Bonchev–Trinajstić information content (AvgIpc) is 2.01. The van der Waals surface area contributed by atoms with Crippen LogP contribution >= 0.6 is 34.8 Å². The van der Waals surface area contributed by atoms with Crippen molar-refractivity contribution in [2.45, 2.75) is 0 Å². The minimum absolute atomic E-state index is 0.0330. The van der Waals surface area contributed by atoms with E-state index in [1.54, 1.807) is 0 Å². The zero-order valence-electron chi connectivity index (χ0n) is 5.96. The van der Waals surface area contributed by atoms with Gasteiger partial charge in [0.25, 0.3) is 0 Å². The van der Waals surface area contributed by atoms with Crippen LogP contribution in [0.5, 0.6) is 5.75 Å². The van der Waals surface area contributed by atoms with Crippen LogP contribution in [0.2, 0.25) is 15.1 Å². The first-order chi connectivity index (χ1) is 5.95. The number of nitrogens with zero attached hydrogens (tertiary/aromatic N) is 1. The predicted molar refractivity (Wildman–Crippen MR) is 47.0 cm³/mol. The largest absolute Gasteiger partial charge is 0.870 e. The zero-order chi connectivity index (χ0) is 10.2. The van der Waals surface area contributed by atoms with Gasteiger partial charge < -0.3 is 5.11 Å². The van der Waals surface area contributed by atoms with E-state index in [1.807, 2.05) is 0 Å². The second-order valence-electron chi connectivity index (χ2n) is 2.12. The highest BCUT2D eigenvalue weighted by atomic mass is 35.5. The van der Waals surface area contributed by atoms with Gasteiger partial charge in [0, 0.05) is 5.02 Å². The molecule has 0 aliphatic heterocycles. The van der Waals surface area contributed by atoms with Crippen LogP contribution < -0.4 is 10.3 Å². The lowest BCUT2D eigenvalue weighted by Crippen LogP contribution is -2.14. The Morgan fingerprint density at radius 3 is 2.15 bits per heavy atom. The fourth-order valence-corrected chi connectivity index (χ4v) is 1.41. The van der Waals surface area contributed by atoms with Crippen LogP contribution in [0, 0.1) is 0 Å². The first-order valence-corrected chi connectivity index (χ1v) is 4.11. The summed E-state index contributed by atoms with van der Waals surface area (Å²) in [6.45, 7) is 0. The van der Waals surface area contributed by atoms with Crippen LogP contribution in [-0.4, -0.2) is 10.4 Å². The maximum atomic E-state index is 11.1. The molecule has 0 saturated heterocycles. The molecule has 1 aromatic rings. The average molecular weight is 243 g/mol. The van der Waals surface area contributed by atoms with E-state index in [2.05, 4.69) is 0 Å². The van der Waals surface area contributed by atoms with E-state index in [4.69, 9.17) is 45.2 Å². The Kier molecular flexibility index (Phi) is 3.10. The molecule has 1 aromatic carbocycles. The van der Waals surface area contributed by atoms with Gasteiger partial charge >= 0.3 is 0 Å². The van der Waals surface area contributed by atoms with Gasteiger partial charge in [-0.15, -0.1) is 5.23 Å². The first kappa shape index (κ1) is 10.7. The van der Waals surface area contributed by atoms with Gasteiger partial charge in [-0.05, 0) is 6.07 Å². The summed E-state index contributed by atoms with van der Waals surface area (Å²) in [6.07, 6.45) is 0. The molecular formula is C6H3Cl3NO3-. The number of benzene rings is 1. The molecule has 0 amide bonds. The van der Waals surface area contributed by atoms with E-state index in [-0.39, 0.29) is 15.1 Å². The van der Waals surface area contributed by atoms with Crippen LogP contribution in [0.4, 0.5) is 5.69 Å². The molecule has 2 N–H and O–H groups in total.